The molecular formula is C13H14F3N5O. The number of alkyl halides is 3. The number of rotatable bonds is 1. The molecule has 22 heavy (non-hydrogen) atoms. The van der Waals surface area contributed by atoms with E-state index in [2.05, 4.69) is 15.0 Å². The molecule has 1 unspecified atom stereocenters. The fourth-order valence-corrected chi connectivity index (χ4v) is 2.69. The molecular weight excluding hydrogens is 299 g/mol. The summed E-state index contributed by atoms with van der Waals surface area (Å²) >= 11 is 0. The molecule has 1 N–H and O–H groups in total. The standard InChI is InChI=1S/C13H14F3N5O/c1-20-2-3-21(6-9(20)13(14,15)16)11-10-8(4-17-7-19-10)5-18-12(11)22/h4-5,7,9H,2-3,6H2,1H3,(H,18,22). The lowest BCUT2D eigenvalue weighted by Crippen LogP contribution is -2.58. The molecule has 0 aliphatic carbocycles. The lowest BCUT2D eigenvalue weighted by molar-refractivity contribution is -0.180. The number of nitrogens with zero attached hydrogens (tertiary/aromatic N) is 4. The van der Waals surface area contributed by atoms with Gasteiger partial charge < -0.3 is 9.88 Å². The zero-order chi connectivity index (χ0) is 15.9. The van der Waals surface area contributed by atoms with Crippen molar-refractivity contribution in [3.8, 4) is 0 Å². The van der Waals surface area contributed by atoms with Gasteiger partial charge in [0.25, 0.3) is 5.56 Å². The second-order valence-corrected chi connectivity index (χ2v) is 5.28. The molecule has 0 saturated carbocycles. The molecule has 2 aromatic heterocycles. The first-order valence-electron chi connectivity index (χ1n) is 6.71. The number of aromatic nitrogens is 3. The van der Waals surface area contributed by atoms with Gasteiger partial charge in [0.1, 0.15) is 23.6 Å². The minimum atomic E-state index is -4.35. The van der Waals surface area contributed by atoms with Crippen molar-refractivity contribution in [3.63, 3.8) is 0 Å². The Kier molecular flexibility index (Phi) is 3.51. The number of hydrogen-bond donors (Lipinski definition) is 1. The first kappa shape index (κ1) is 14.8. The van der Waals surface area contributed by atoms with Gasteiger partial charge in [-0.1, -0.05) is 0 Å². The Labute approximate surface area is 123 Å². The molecule has 0 aromatic carbocycles. The van der Waals surface area contributed by atoms with Crippen molar-refractivity contribution < 1.29 is 13.2 Å². The second kappa shape index (κ2) is 5.24. The number of anilines is 1. The minimum Gasteiger partial charge on any atom is -0.362 e. The molecule has 3 heterocycles. The number of halogens is 3. The highest BCUT2D eigenvalue weighted by atomic mass is 19.4. The highest BCUT2D eigenvalue weighted by molar-refractivity contribution is 5.88. The molecule has 0 radical (unpaired) electrons. The van der Waals surface area contributed by atoms with Gasteiger partial charge in [-0.2, -0.15) is 13.2 Å². The topological polar surface area (TPSA) is 65.1 Å². The fourth-order valence-electron chi connectivity index (χ4n) is 2.69. The Morgan fingerprint density at radius 2 is 2.14 bits per heavy atom. The second-order valence-electron chi connectivity index (χ2n) is 5.28. The van der Waals surface area contributed by atoms with Crippen LogP contribution in [-0.4, -0.2) is 58.8 Å². The van der Waals surface area contributed by atoms with E-state index in [0.29, 0.717) is 17.4 Å². The largest absolute Gasteiger partial charge is 0.405 e. The number of pyridine rings is 1. The molecule has 1 aliphatic heterocycles. The molecule has 3 rings (SSSR count). The Morgan fingerprint density at radius 1 is 1.36 bits per heavy atom. The van der Waals surface area contributed by atoms with Crippen molar-refractivity contribution >= 4 is 16.6 Å². The monoisotopic (exact) mass is 313 g/mol. The maximum absolute atomic E-state index is 13.1. The van der Waals surface area contributed by atoms with Crippen LogP contribution < -0.4 is 10.5 Å². The number of aromatic amines is 1. The van der Waals surface area contributed by atoms with Crippen LogP contribution in [0.1, 0.15) is 0 Å². The lowest BCUT2D eigenvalue weighted by atomic mass is 10.1. The van der Waals surface area contributed by atoms with Gasteiger partial charge in [0.05, 0.1) is 0 Å². The Balaban J connectivity index is 2.05. The molecule has 0 amide bonds. The summed E-state index contributed by atoms with van der Waals surface area (Å²) in [7, 11) is 1.44. The van der Waals surface area contributed by atoms with Crippen LogP contribution in [0.5, 0.6) is 0 Å². The molecule has 0 spiro atoms. The normalized spacial score (nSPS) is 20.5. The van der Waals surface area contributed by atoms with Crippen LogP contribution in [-0.2, 0) is 0 Å². The summed E-state index contributed by atoms with van der Waals surface area (Å²) in [6.45, 7) is 0.243. The van der Waals surface area contributed by atoms with Crippen LogP contribution in [0, 0.1) is 0 Å². The highest BCUT2D eigenvalue weighted by Gasteiger charge is 2.45. The quantitative estimate of drug-likeness (QED) is 0.851. The average Bonchev–Trinajstić information content (AvgIpc) is 2.47. The van der Waals surface area contributed by atoms with Crippen LogP contribution in [0.3, 0.4) is 0 Å². The van der Waals surface area contributed by atoms with Crippen molar-refractivity contribution in [3.05, 3.63) is 29.1 Å². The number of piperazine rings is 1. The van der Waals surface area contributed by atoms with Crippen LogP contribution in [0.2, 0.25) is 0 Å². The zero-order valence-electron chi connectivity index (χ0n) is 11.8. The molecule has 6 nitrogen and oxygen atoms in total. The lowest BCUT2D eigenvalue weighted by Gasteiger charge is -2.40. The van der Waals surface area contributed by atoms with E-state index in [4.69, 9.17) is 0 Å². The predicted octanol–water partition coefficient (Wildman–Crippen LogP) is 1.00. The summed E-state index contributed by atoms with van der Waals surface area (Å²) in [5.41, 5.74) is 0.0863. The number of H-pyrrole nitrogens is 1. The van der Waals surface area contributed by atoms with Crippen molar-refractivity contribution in [1.82, 2.24) is 19.9 Å². The van der Waals surface area contributed by atoms with Gasteiger partial charge in [-0.25, -0.2) is 9.97 Å². The SMILES string of the molecule is CN1CCN(c2c(=O)[nH]cc3cncnc23)CC1C(F)(F)F. The Morgan fingerprint density at radius 3 is 2.86 bits per heavy atom. The Bertz CT molecular complexity index is 744. The van der Waals surface area contributed by atoms with Gasteiger partial charge in [-0.15, -0.1) is 0 Å². The summed E-state index contributed by atoms with van der Waals surface area (Å²) in [6.07, 6.45) is -0.0973. The van der Waals surface area contributed by atoms with E-state index in [1.54, 1.807) is 0 Å². The molecule has 1 saturated heterocycles. The van der Waals surface area contributed by atoms with Crippen molar-refractivity contribution in [1.29, 1.82) is 0 Å². The maximum atomic E-state index is 13.1. The van der Waals surface area contributed by atoms with Crippen molar-refractivity contribution in [2.75, 3.05) is 31.6 Å². The number of hydrogen-bond acceptors (Lipinski definition) is 5. The van der Waals surface area contributed by atoms with E-state index in [9.17, 15) is 18.0 Å². The van der Waals surface area contributed by atoms with Gasteiger partial charge in [0, 0.05) is 37.4 Å². The van der Waals surface area contributed by atoms with E-state index < -0.39 is 17.8 Å². The van der Waals surface area contributed by atoms with Gasteiger partial charge in [0.2, 0.25) is 0 Å². The highest BCUT2D eigenvalue weighted by Crippen LogP contribution is 2.29. The first-order valence-corrected chi connectivity index (χ1v) is 6.71. The number of likely N-dealkylation sites (N-methyl/N-ethyl adjacent to an activating group) is 1. The molecule has 2 aromatic rings. The third-order valence-electron chi connectivity index (χ3n) is 3.88. The van der Waals surface area contributed by atoms with E-state index in [-0.39, 0.29) is 18.8 Å². The predicted molar refractivity (Wildman–Crippen MR) is 74.8 cm³/mol. The zero-order valence-corrected chi connectivity index (χ0v) is 11.8. The summed E-state index contributed by atoms with van der Waals surface area (Å²) in [6, 6.07) is -1.61. The van der Waals surface area contributed by atoms with Crippen LogP contribution in [0.4, 0.5) is 18.9 Å². The molecule has 0 bridgehead atoms. The van der Waals surface area contributed by atoms with Gasteiger partial charge >= 0.3 is 6.18 Å². The average molecular weight is 313 g/mol. The molecule has 118 valence electrons. The van der Waals surface area contributed by atoms with Gasteiger partial charge in [0.15, 0.2) is 0 Å². The maximum Gasteiger partial charge on any atom is 0.405 e. The Hall–Kier alpha value is -2.16. The molecule has 1 atom stereocenters. The first-order chi connectivity index (χ1) is 10.4. The molecule has 1 fully saturated rings. The summed E-state index contributed by atoms with van der Waals surface area (Å²) in [4.78, 5) is 25.3. The van der Waals surface area contributed by atoms with E-state index in [0.717, 1.165) is 0 Å². The van der Waals surface area contributed by atoms with Crippen LogP contribution >= 0.6 is 0 Å². The number of nitrogens with one attached hydrogen (secondary N) is 1. The fraction of sp³-hybridized carbons (Fsp3) is 0.462. The summed E-state index contributed by atoms with van der Waals surface area (Å²) in [5.74, 6) is 0. The van der Waals surface area contributed by atoms with Gasteiger partial charge in [-0.3, -0.25) is 9.69 Å². The minimum absolute atomic E-state index is 0.169. The van der Waals surface area contributed by atoms with E-state index in [1.165, 1.54) is 35.6 Å². The summed E-state index contributed by atoms with van der Waals surface area (Å²) < 4.78 is 39.3. The molecule has 9 heteroatoms. The molecule has 1 aliphatic rings. The van der Waals surface area contributed by atoms with E-state index >= 15 is 0 Å². The van der Waals surface area contributed by atoms with E-state index in [1.807, 2.05) is 0 Å². The van der Waals surface area contributed by atoms with Crippen LogP contribution in [0.15, 0.2) is 23.5 Å². The number of fused-ring (bicyclic) bond motifs is 1. The third-order valence-corrected chi connectivity index (χ3v) is 3.88. The summed E-state index contributed by atoms with van der Waals surface area (Å²) in [5, 5.41) is 0.583. The third kappa shape index (κ3) is 2.52. The van der Waals surface area contributed by atoms with Gasteiger partial charge in [-0.05, 0) is 7.05 Å². The van der Waals surface area contributed by atoms with Crippen molar-refractivity contribution in [2.45, 2.75) is 12.2 Å². The smallest absolute Gasteiger partial charge is 0.362 e. The van der Waals surface area contributed by atoms with Crippen LogP contribution in [0.25, 0.3) is 10.9 Å². The van der Waals surface area contributed by atoms with Crippen molar-refractivity contribution in [2.24, 2.45) is 0 Å².